The maximum Gasteiger partial charge on any atom is 0.0977 e. The summed E-state index contributed by atoms with van der Waals surface area (Å²) < 4.78 is 0. The van der Waals surface area contributed by atoms with Gasteiger partial charge in [0.2, 0.25) is 0 Å². The fraction of sp³-hybridized carbons (Fsp3) is 0.250. The van der Waals surface area contributed by atoms with Crippen molar-refractivity contribution in [3.8, 4) is 0 Å². The first-order valence-electron chi connectivity index (χ1n) is 3.09. The van der Waals surface area contributed by atoms with E-state index in [1.165, 1.54) is 11.0 Å². The average molecular weight is 154 g/mol. The van der Waals surface area contributed by atoms with Crippen LogP contribution in [0.2, 0.25) is 0 Å². The Morgan fingerprint density at radius 2 is 2.50 bits per heavy atom. The van der Waals surface area contributed by atoms with E-state index < -0.39 is 6.10 Å². The normalized spacial score (nSPS) is 13.0. The van der Waals surface area contributed by atoms with Crippen LogP contribution in [0.3, 0.4) is 0 Å². The summed E-state index contributed by atoms with van der Waals surface area (Å²) in [6.45, 7) is 5.52. The van der Waals surface area contributed by atoms with Crippen LogP contribution >= 0.6 is 11.3 Å². The Balaban J connectivity index is 2.84. The molecule has 0 amide bonds. The molecule has 0 saturated carbocycles. The zero-order chi connectivity index (χ0) is 7.56. The van der Waals surface area contributed by atoms with Gasteiger partial charge in [0.15, 0.2) is 0 Å². The molecule has 0 spiro atoms. The number of aryl methyl sites for hydroxylation is 1. The Morgan fingerprint density at radius 1 is 1.80 bits per heavy atom. The van der Waals surface area contributed by atoms with E-state index in [1.54, 1.807) is 11.3 Å². The first kappa shape index (κ1) is 7.51. The smallest absolute Gasteiger partial charge is 0.0977 e. The topological polar surface area (TPSA) is 20.2 Å². The minimum absolute atomic E-state index is 0.495. The summed E-state index contributed by atoms with van der Waals surface area (Å²) in [6, 6.07) is 1.97. The van der Waals surface area contributed by atoms with E-state index in [-0.39, 0.29) is 0 Å². The second kappa shape index (κ2) is 2.99. The Kier molecular flexibility index (Phi) is 2.25. The van der Waals surface area contributed by atoms with Gasteiger partial charge in [-0.05, 0) is 23.9 Å². The van der Waals surface area contributed by atoms with Gasteiger partial charge in [-0.25, -0.2) is 0 Å². The maximum absolute atomic E-state index is 9.23. The molecule has 0 radical (unpaired) electrons. The molecular formula is C8H10OS. The molecule has 1 rings (SSSR count). The highest BCUT2D eigenvalue weighted by molar-refractivity contribution is 7.10. The molecule has 0 aliphatic heterocycles. The summed E-state index contributed by atoms with van der Waals surface area (Å²) in [7, 11) is 0. The minimum Gasteiger partial charge on any atom is -0.384 e. The minimum atomic E-state index is -0.495. The number of aliphatic hydroxyl groups is 1. The van der Waals surface area contributed by atoms with Crippen LogP contribution in [0.5, 0.6) is 0 Å². The number of rotatable bonds is 2. The number of aliphatic hydroxyl groups excluding tert-OH is 1. The predicted octanol–water partition coefficient (Wildman–Crippen LogP) is 2.28. The summed E-state index contributed by atoms with van der Waals surface area (Å²) in [5.74, 6) is 0. The van der Waals surface area contributed by atoms with Crippen LogP contribution in [0.1, 0.15) is 16.5 Å². The van der Waals surface area contributed by atoms with E-state index >= 15 is 0 Å². The van der Waals surface area contributed by atoms with Gasteiger partial charge in [0.1, 0.15) is 0 Å². The molecule has 2 heteroatoms. The Labute approximate surface area is 64.6 Å². The number of thiophene rings is 1. The lowest BCUT2D eigenvalue weighted by Crippen LogP contribution is -1.87. The van der Waals surface area contributed by atoms with Crippen LogP contribution in [-0.4, -0.2) is 5.11 Å². The van der Waals surface area contributed by atoms with Crippen molar-refractivity contribution < 1.29 is 5.11 Å². The molecule has 1 unspecified atom stereocenters. The third-order valence-corrected chi connectivity index (χ3v) is 2.20. The largest absolute Gasteiger partial charge is 0.384 e. The van der Waals surface area contributed by atoms with Crippen molar-refractivity contribution in [3.05, 3.63) is 34.5 Å². The molecule has 1 aromatic rings. The van der Waals surface area contributed by atoms with Crippen LogP contribution in [-0.2, 0) is 0 Å². The van der Waals surface area contributed by atoms with Crippen molar-refractivity contribution in [2.45, 2.75) is 13.0 Å². The van der Waals surface area contributed by atoms with Crippen LogP contribution in [0.25, 0.3) is 0 Å². The van der Waals surface area contributed by atoms with Gasteiger partial charge in [-0.3, -0.25) is 0 Å². The molecule has 0 fully saturated rings. The summed E-state index contributed by atoms with van der Waals surface area (Å²) in [5, 5.41) is 11.2. The maximum atomic E-state index is 9.23. The molecule has 0 aliphatic rings. The molecule has 1 nitrogen and oxygen atoms in total. The molecule has 1 N–H and O–H groups in total. The number of hydrogen-bond acceptors (Lipinski definition) is 2. The van der Waals surface area contributed by atoms with E-state index in [0.29, 0.717) is 0 Å². The van der Waals surface area contributed by atoms with Gasteiger partial charge in [0, 0.05) is 4.88 Å². The summed E-state index contributed by atoms with van der Waals surface area (Å²) >= 11 is 1.64. The van der Waals surface area contributed by atoms with Gasteiger partial charge in [-0.15, -0.1) is 17.9 Å². The molecule has 1 atom stereocenters. The zero-order valence-electron chi connectivity index (χ0n) is 5.87. The van der Waals surface area contributed by atoms with Crippen LogP contribution in [0.4, 0.5) is 0 Å². The highest BCUT2D eigenvalue weighted by Crippen LogP contribution is 2.20. The fourth-order valence-corrected chi connectivity index (χ4v) is 1.49. The van der Waals surface area contributed by atoms with E-state index in [9.17, 15) is 5.11 Å². The van der Waals surface area contributed by atoms with Crippen LogP contribution in [0, 0.1) is 6.92 Å². The van der Waals surface area contributed by atoms with Crippen LogP contribution in [0.15, 0.2) is 24.1 Å². The van der Waals surface area contributed by atoms with E-state index in [2.05, 4.69) is 6.58 Å². The van der Waals surface area contributed by atoms with Gasteiger partial charge < -0.3 is 5.11 Å². The molecular weight excluding hydrogens is 144 g/mol. The molecule has 1 heterocycles. The fourth-order valence-electron chi connectivity index (χ4n) is 0.755. The highest BCUT2D eigenvalue weighted by atomic mass is 32.1. The van der Waals surface area contributed by atoms with Gasteiger partial charge >= 0.3 is 0 Å². The standard InChI is InChI=1S/C8H10OS/c1-3-8(9)7-4-6(2)10-5-7/h3-5,8-9H,1H2,2H3. The Morgan fingerprint density at radius 3 is 2.90 bits per heavy atom. The van der Waals surface area contributed by atoms with Crippen LogP contribution < -0.4 is 0 Å². The van der Waals surface area contributed by atoms with Crippen molar-refractivity contribution in [2.75, 3.05) is 0 Å². The van der Waals surface area contributed by atoms with Crippen molar-refractivity contribution >= 4 is 11.3 Å². The molecule has 0 aromatic carbocycles. The third kappa shape index (κ3) is 1.46. The van der Waals surface area contributed by atoms with Gasteiger partial charge in [-0.2, -0.15) is 0 Å². The van der Waals surface area contributed by atoms with Gasteiger partial charge in [0.25, 0.3) is 0 Å². The Bertz CT molecular complexity index is 227. The van der Waals surface area contributed by atoms with Gasteiger partial charge in [0.05, 0.1) is 6.10 Å². The molecule has 10 heavy (non-hydrogen) atoms. The Hall–Kier alpha value is -0.600. The lowest BCUT2D eigenvalue weighted by atomic mass is 10.2. The molecule has 54 valence electrons. The second-order valence-corrected chi connectivity index (χ2v) is 3.29. The molecule has 1 aromatic heterocycles. The summed E-state index contributed by atoms with van der Waals surface area (Å²) in [4.78, 5) is 1.22. The van der Waals surface area contributed by atoms with E-state index in [0.717, 1.165) is 5.56 Å². The lowest BCUT2D eigenvalue weighted by Gasteiger charge is -1.98. The average Bonchev–Trinajstić information content (AvgIpc) is 2.34. The van der Waals surface area contributed by atoms with Crippen molar-refractivity contribution in [1.29, 1.82) is 0 Å². The molecule has 0 aliphatic carbocycles. The quantitative estimate of drug-likeness (QED) is 0.648. The van der Waals surface area contributed by atoms with Crippen molar-refractivity contribution in [3.63, 3.8) is 0 Å². The molecule has 0 bridgehead atoms. The monoisotopic (exact) mass is 154 g/mol. The zero-order valence-corrected chi connectivity index (χ0v) is 6.69. The number of hydrogen-bond donors (Lipinski definition) is 1. The third-order valence-electron chi connectivity index (χ3n) is 1.32. The first-order chi connectivity index (χ1) is 4.74. The predicted molar refractivity (Wildman–Crippen MR) is 44.2 cm³/mol. The van der Waals surface area contributed by atoms with Gasteiger partial charge in [-0.1, -0.05) is 6.08 Å². The van der Waals surface area contributed by atoms with Crippen molar-refractivity contribution in [2.24, 2.45) is 0 Å². The summed E-state index contributed by atoms with van der Waals surface area (Å²) in [6.07, 6.45) is 1.03. The van der Waals surface area contributed by atoms with E-state index in [1.807, 2.05) is 18.4 Å². The SMILES string of the molecule is C=CC(O)c1csc(C)c1. The van der Waals surface area contributed by atoms with Crippen molar-refractivity contribution in [1.82, 2.24) is 0 Å². The molecule has 0 saturated heterocycles. The first-order valence-corrected chi connectivity index (χ1v) is 3.97. The summed E-state index contributed by atoms with van der Waals surface area (Å²) in [5.41, 5.74) is 0.942. The van der Waals surface area contributed by atoms with E-state index in [4.69, 9.17) is 0 Å². The second-order valence-electron chi connectivity index (χ2n) is 2.17. The lowest BCUT2D eigenvalue weighted by molar-refractivity contribution is 0.229. The highest BCUT2D eigenvalue weighted by Gasteiger charge is 2.02.